The smallest absolute Gasteiger partial charge is 0.00258 e. The Bertz CT molecular complexity index is 511. The van der Waals surface area contributed by atoms with Gasteiger partial charge in [0.05, 0.1) is 0 Å². The molecule has 0 amide bonds. The van der Waals surface area contributed by atoms with Crippen LogP contribution in [0.1, 0.15) is 29.4 Å². The van der Waals surface area contributed by atoms with Gasteiger partial charge in [-0.05, 0) is 36.6 Å². The first-order chi connectivity index (χ1) is 9.34. The van der Waals surface area contributed by atoms with Gasteiger partial charge >= 0.3 is 0 Å². The Labute approximate surface area is 114 Å². The summed E-state index contributed by atoms with van der Waals surface area (Å²) in [6.45, 7) is 1.24. The van der Waals surface area contributed by atoms with Crippen LogP contribution >= 0.6 is 0 Å². The van der Waals surface area contributed by atoms with Gasteiger partial charge in [0.2, 0.25) is 0 Å². The minimum absolute atomic E-state index is 0.301. The van der Waals surface area contributed by atoms with Crippen LogP contribution in [0.5, 0.6) is 0 Å². The maximum absolute atomic E-state index is 11.7. The predicted octanol–water partition coefficient (Wildman–Crippen LogP) is 3.76. The summed E-state index contributed by atoms with van der Waals surface area (Å²) in [4.78, 5) is 0. The monoisotopic (exact) mass is 252 g/mol. The van der Waals surface area contributed by atoms with E-state index < -0.39 is 0 Å². The molecule has 2 unspecified atom stereocenters. The highest BCUT2D eigenvalue weighted by molar-refractivity contribution is 5.30. The summed E-state index contributed by atoms with van der Waals surface area (Å²) in [5, 5.41) is 12.9. The average molecular weight is 252 g/mol. The van der Waals surface area contributed by atoms with Crippen LogP contribution < -0.4 is 0 Å². The van der Waals surface area contributed by atoms with Crippen LogP contribution in [-0.4, -0.2) is 18.2 Å². The number of hydroxylamine groups is 2. The van der Waals surface area contributed by atoms with Crippen molar-refractivity contribution in [2.75, 3.05) is 13.1 Å². The zero-order chi connectivity index (χ0) is 13.1. The molecule has 2 atom stereocenters. The predicted molar refractivity (Wildman–Crippen MR) is 77.9 cm³/mol. The lowest BCUT2D eigenvalue weighted by molar-refractivity contribution is 0.253. The molecular weight excluding hydrogens is 234 g/mol. The quantitative estimate of drug-likeness (QED) is 0.813. The van der Waals surface area contributed by atoms with Crippen LogP contribution in [-0.2, 0) is 0 Å². The minimum atomic E-state index is 0.301. The molecular formula is C17H18NO-. The number of nitrogens with zero attached hydrogens (tertiary/aromatic N) is 1. The topological polar surface area (TPSA) is 26.3 Å². The average Bonchev–Trinajstić information content (AvgIpc) is 2.49. The molecule has 98 valence electrons. The second kappa shape index (κ2) is 5.55. The van der Waals surface area contributed by atoms with Crippen molar-refractivity contribution < 1.29 is 0 Å². The van der Waals surface area contributed by atoms with Crippen LogP contribution in [0.2, 0.25) is 0 Å². The van der Waals surface area contributed by atoms with Crippen LogP contribution in [0.25, 0.3) is 0 Å². The number of hydrogen-bond donors (Lipinski definition) is 0. The first-order valence-electron chi connectivity index (χ1n) is 6.86. The third-order valence-electron chi connectivity index (χ3n) is 4.03. The minimum Gasteiger partial charge on any atom is -0.785 e. The van der Waals surface area contributed by atoms with E-state index in [-0.39, 0.29) is 0 Å². The van der Waals surface area contributed by atoms with Gasteiger partial charge in [-0.2, -0.15) is 0 Å². The van der Waals surface area contributed by atoms with E-state index in [9.17, 15) is 5.21 Å². The molecule has 1 heterocycles. The lowest BCUT2D eigenvalue weighted by Crippen LogP contribution is -2.34. The van der Waals surface area contributed by atoms with Crippen molar-refractivity contribution in [2.45, 2.75) is 18.3 Å². The summed E-state index contributed by atoms with van der Waals surface area (Å²) < 4.78 is 0. The molecule has 2 aromatic rings. The maximum atomic E-state index is 11.7. The van der Waals surface area contributed by atoms with Gasteiger partial charge in [0.1, 0.15) is 0 Å². The van der Waals surface area contributed by atoms with Gasteiger partial charge in [-0.15, -0.1) is 0 Å². The van der Waals surface area contributed by atoms with Crippen molar-refractivity contribution in [3.8, 4) is 0 Å². The van der Waals surface area contributed by atoms with E-state index in [0.717, 1.165) is 6.42 Å². The van der Waals surface area contributed by atoms with Crippen LogP contribution in [0.4, 0.5) is 0 Å². The fraction of sp³-hybridized carbons (Fsp3) is 0.294. The van der Waals surface area contributed by atoms with E-state index in [1.54, 1.807) is 0 Å². The van der Waals surface area contributed by atoms with E-state index >= 15 is 0 Å². The van der Waals surface area contributed by atoms with E-state index in [1.807, 2.05) is 12.1 Å². The van der Waals surface area contributed by atoms with E-state index in [4.69, 9.17) is 0 Å². The summed E-state index contributed by atoms with van der Waals surface area (Å²) in [5.74, 6) is 0.753. The van der Waals surface area contributed by atoms with E-state index in [1.165, 1.54) is 16.2 Å². The number of rotatable bonds is 2. The largest absolute Gasteiger partial charge is 0.785 e. The van der Waals surface area contributed by atoms with Gasteiger partial charge in [0, 0.05) is 5.92 Å². The van der Waals surface area contributed by atoms with Crippen LogP contribution in [0.15, 0.2) is 60.7 Å². The molecule has 0 radical (unpaired) electrons. The highest BCUT2D eigenvalue weighted by Gasteiger charge is 2.28. The molecule has 2 heteroatoms. The number of benzene rings is 2. The fourth-order valence-electron chi connectivity index (χ4n) is 3.06. The van der Waals surface area contributed by atoms with Crippen molar-refractivity contribution in [3.63, 3.8) is 0 Å². The van der Waals surface area contributed by atoms with Crippen molar-refractivity contribution in [1.29, 1.82) is 0 Å². The molecule has 0 bridgehead atoms. The standard InChI is InChI=1S/C17H18NO/c19-18-12-11-16(14-7-3-1-4-8-14)17(13-18)15-9-5-2-6-10-15/h1-10,16-17H,11-13H2/q-1. The van der Waals surface area contributed by atoms with Gasteiger partial charge in [0.15, 0.2) is 0 Å². The van der Waals surface area contributed by atoms with Gasteiger partial charge in [-0.1, -0.05) is 60.7 Å². The summed E-state index contributed by atoms with van der Waals surface area (Å²) >= 11 is 0. The third-order valence-corrected chi connectivity index (χ3v) is 4.03. The Morgan fingerprint density at radius 3 is 1.89 bits per heavy atom. The molecule has 0 aliphatic carbocycles. The van der Waals surface area contributed by atoms with E-state index in [0.29, 0.717) is 24.9 Å². The summed E-state index contributed by atoms with van der Waals surface area (Å²) in [6, 6.07) is 21.0. The molecule has 3 rings (SSSR count). The molecule has 0 N–H and O–H groups in total. The molecule has 0 spiro atoms. The molecule has 2 nitrogen and oxygen atoms in total. The normalized spacial score (nSPS) is 24.3. The Morgan fingerprint density at radius 1 is 0.789 bits per heavy atom. The SMILES string of the molecule is [O-]N1CCC(c2ccccc2)C(c2ccccc2)C1. The summed E-state index contributed by atoms with van der Waals surface area (Å²) in [6.07, 6.45) is 0.938. The van der Waals surface area contributed by atoms with Crippen molar-refractivity contribution >= 4 is 0 Å². The Hall–Kier alpha value is -1.64. The van der Waals surface area contributed by atoms with E-state index in [2.05, 4.69) is 48.5 Å². The Balaban J connectivity index is 1.93. The number of piperidine rings is 1. The lowest BCUT2D eigenvalue weighted by atomic mass is 9.77. The molecule has 0 aromatic heterocycles. The van der Waals surface area contributed by atoms with Crippen LogP contribution in [0, 0.1) is 5.21 Å². The molecule has 1 aliphatic heterocycles. The molecule has 1 aliphatic rings. The highest BCUT2D eigenvalue weighted by atomic mass is 16.5. The van der Waals surface area contributed by atoms with Crippen molar-refractivity contribution in [2.24, 2.45) is 0 Å². The maximum Gasteiger partial charge on any atom is 0.00258 e. The zero-order valence-corrected chi connectivity index (χ0v) is 10.9. The molecule has 2 aromatic carbocycles. The fourth-order valence-corrected chi connectivity index (χ4v) is 3.06. The molecule has 1 fully saturated rings. The second-order valence-corrected chi connectivity index (χ2v) is 5.21. The second-order valence-electron chi connectivity index (χ2n) is 5.21. The first-order valence-corrected chi connectivity index (χ1v) is 6.86. The molecule has 0 saturated carbocycles. The van der Waals surface area contributed by atoms with Crippen molar-refractivity contribution in [1.82, 2.24) is 5.06 Å². The van der Waals surface area contributed by atoms with Crippen LogP contribution in [0.3, 0.4) is 0 Å². The summed E-state index contributed by atoms with van der Waals surface area (Å²) in [7, 11) is 0. The Kier molecular flexibility index (Phi) is 3.62. The van der Waals surface area contributed by atoms with Gasteiger partial charge in [-0.3, -0.25) is 0 Å². The Morgan fingerprint density at radius 2 is 1.32 bits per heavy atom. The van der Waals surface area contributed by atoms with Gasteiger partial charge in [-0.25, -0.2) is 0 Å². The zero-order valence-electron chi connectivity index (χ0n) is 10.9. The number of hydrogen-bond acceptors (Lipinski definition) is 2. The lowest BCUT2D eigenvalue weighted by Gasteiger charge is -2.42. The molecule has 19 heavy (non-hydrogen) atoms. The van der Waals surface area contributed by atoms with Crippen molar-refractivity contribution in [3.05, 3.63) is 77.0 Å². The third kappa shape index (κ3) is 2.70. The van der Waals surface area contributed by atoms with Gasteiger partial charge in [0.25, 0.3) is 0 Å². The van der Waals surface area contributed by atoms with Gasteiger partial charge < -0.3 is 10.3 Å². The highest BCUT2D eigenvalue weighted by Crippen LogP contribution is 2.39. The first kappa shape index (κ1) is 12.4. The molecule has 1 saturated heterocycles. The summed E-state index contributed by atoms with van der Waals surface area (Å²) in [5.41, 5.74) is 2.63.